The van der Waals surface area contributed by atoms with Crippen LogP contribution in [0.3, 0.4) is 0 Å². The molecule has 1 fully saturated rings. The zero-order valence-electron chi connectivity index (χ0n) is 12.1. The third-order valence-corrected chi connectivity index (χ3v) is 4.00. The van der Waals surface area contributed by atoms with E-state index in [1.54, 1.807) is 0 Å². The zero-order chi connectivity index (χ0) is 14.5. The van der Waals surface area contributed by atoms with Crippen molar-refractivity contribution in [2.24, 2.45) is 11.7 Å². The van der Waals surface area contributed by atoms with Gasteiger partial charge in [0.2, 0.25) is 0 Å². The van der Waals surface area contributed by atoms with E-state index in [-0.39, 0.29) is 6.04 Å². The van der Waals surface area contributed by atoms with Crippen LogP contribution in [0, 0.1) is 5.92 Å². The van der Waals surface area contributed by atoms with Crippen LogP contribution in [-0.2, 0) is 4.74 Å². The van der Waals surface area contributed by atoms with Gasteiger partial charge in [-0.25, -0.2) is 0 Å². The number of hydrogen-bond donors (Lipinski definition) is 1. The first-order valence-electron chi connectivity index (χ1n) is 7.49. The molecule has 0 saturated carbocycles. The molecule has 2 N–H and O–H groups in total. The van der Waals surface area contributed by atoms with E-state index in [1.807, 2.05) is 48.5 Å². The van der Waals surface area contributed by atoms with Gasteiger partial charge in [-0.1, -0.05) is 30.3 Å². The second kappa shape index (κ2) is 6.74. The Hall–Kier alpha value is -1.84. The molecule has 0 spiro atoms. The third-order valence-electron chi connectivity index (χ3n) is 4.00. The Bertz CT molecular complexity index is 564. The van der Waals surface area contributed by atoms with E-state index in [9.17, 15) is 0 Å². The van der Waals surface area contributed by atoms with E-state index >= 15 is 0 Å². The summed E-state index contributed by atoms with van der Waals surface area (Å²) in [4.78, 5) is 0. The third kappa shape index (κ3) is 3.63. The van der Waals surface area contributed by atoms with Gasteiger partial charge in [0.15, 0.2) is 0 Å². The molecule has 2 aromatic rings. The van der Waals surface area contributed by atoms with Crippen molar-refractivity contribution in [1.82, 2.24) is 0 Å². The Morgan fingerprint density at radius 1 is 0.952 bits per heavy atom. The standard InChI is InChI=1S/C18H21NO2/c19-18(14-9-11-20-12-10-14)15-5-4-8-17(13-15)21-16-6-2-1-3-7-16/h1-8,13-14,18H,9-12,19H2/t18-/m0/s1. The molecule has 0 radical (unpaired) electrons. The predicted octanol–water partition coefficient (Wildman–Crippen LogP) is 3.91. The molecule has 1 aliphatic heterocycles. The zero-order valence-corrected chi connectivity index (χ0v) is 12.1. The lowest BCUT2D eigenvalue weighted by molar-refractivity contribution is 0.0583. The van der Waals surface area contributed by atoms with Crippen LogP contribution in [0.25, 0.3) is 0 Å². The topological polar surface area (TPSA) is 44.5 Å². The molecule has 0 unspecified atom stereocenters. The number of hydrogen-bond acceptors (Lipinski definition) is 3. The van der Waals surface area contributed by atoms with E-state index in [2.05, 4.69) is 6.07 Å². The molecule has 0 aliphatic carbocycles. The Morgan fingerprint density at radius 2 is 1.67 bits per heavy atom. The van der Waals surface area contributed by atoms with Crippen LogP contribution in [0.2, 0.25) is 0 Å². The summed E-state index contributed by atoms with van der Waals surface area (Å²) in [6.07, 6.45) is 2.07. The number of rotatable bonds is 4. The summed E-state index contributed by atoms with van der Waals surface area (Å²) >= 11 is 0. The second-order valence-electron chi connectivity index (χ2n) is 5.46. The predicted molar refractivity (Wildman–Crippen MR) is 83.4 cm³/mol. The van der Waals surface area contributed by atoms with Crippen molar-refractivity contribution in [3.8, 4) is 11.5 Å². The fraction of sp³-hybridized carbons (Fsp3) is 0.333. The highest BCUT2D eigenvalue weighted by molar-refractivity contribution is 5.35. The number of benzene rings is 2. The highest BCUT2D eigenvalue weighted by Gasteiger charge is 2.22. The van der Waals surface area contributed by atoms with Crippen molar-refractivity contribution < 1.29 is 9.47 Å². The molecule has 0 aromatic heterocycles. The Morgan fingerprint density at radius 3 is 2.43 bits per heavy atom. The van der Waals surface area contributed by atoms with Gasteiger partial charge in [-0.2, -0.15) is 0 Å². The van der Waals surface area contributed by atoms with E-state index in [4.69, 9.17) is 15.2 Å². The minimum Gasteiger partial charge on any atom is -0.457 e. The number of para-hydroxylation sites is 1. The van der Waals surface area contributed by atoms with Crippen LogP contribution in [0.15, 0.2) is 54.6 Å². The highest BCUT2D eigenvalue weighted by atomic mass is 16.5. The van der Waals surface area contributed by atoms with Gasteiger partial charge in [0, 0.05) is 19.3 Å². The average Bonchev–Trinajstić information content (AvgIpc) is 2.56. The lowest BCUT2D eigenvalue weighted by Gasteiger charge is -2.28. The van der Waals surface area contributed by atoms with Crippen molar-refractivity contribution in [2.45, 2.75) is 18.9 Å². The molecule has 1 atom stereocenters. The van der Waals surface area contributed by atoms with Gasteiger partial charge < -0.3 is 15.2 Å². The van der Waals surface area contributed by atoms with Gasteiger partial charge >= 0.3 is 0 Å². The van der Waals surface area contributed by atoms with Crippen LogP contribution in [0.4, 0.5) is 0 Å². The summed E-state index contributed by atoms with van der Waals surface area (Å²) in [7, 11) is 0. The Kier molecular flexibility index (Phi) is 4.53. The van der Waals surface area contributed by atoms with Crippen molar-refractivity contribution in [3.05, 3.63) is 60.2 Å². The molecule has 1 aliphatic rings. The highest BCUT2D eigenvalue weighted by Crippen LogP contribution is 2.30. The van der Waals surface area contributed by atoms with Crippen LogP contribution < -0.4 is 10.5 Å². The van der Waals surface area contributed by atoms with Crippen molar-refractivity contribution in [1.29, 1.82) is 0 Å². The van der Waals surface area contributed by atoms with Crippen molar-refractivity contribution in [2.75, 3.05) is 13.2 Å². The van der Waals surface area contributed by atoms with E-state index < -0.39 is 0 Å². The maximum atomic E-state index is 6.42. The fourth-order valence-corrected chi connectivity index (χ4v) is 2.76. The lowest BCUT2D eigenvalue weighted by atomic mass is 9.88. The second-order valence-corrected chi connectivity index (χ2v) is 5.46. The van der Waals surface area contributed by atoms with Gasteiger partial charge in [-0.15, -0.1) is 0 Å². The minimum atomic E-state index is 0.0493. The molecule has 3 rings (SSSR count). The smallest absolute Gasteiger partial charge is 0.127 e. The summed E-state index contributed by atoms with van der Waals surface area (Å²) in [5.74, 6) is 2.17. The molecular weight excluding hydrogens is 262 g/mol. The molecule has 3 heteroatoms. The Balaban J connectivity index is 1.73. The first kappa shape index (κ1) is 14.1. The molecule has 21 heavy (non-hydrogen) atoms. The molecule has 0 amide bonds. The molecule has 1 saturated heterocycles. The van der Waals surface area contributed by atoms with Gasteiger partial charge in [0.05, 0.1) is 0 Å². The van der Waals surface area contributed by atoms with Crippen molar-refractivity contribution >= 4 is 0 Å². The largest absolute Gasteiger partial charge is 0.457 e. The van der Waals surface area contributed by atoms with Crippen LogP contribution in [0.5, 0.6) is 11.5 Å². The van der Waals surface area contributed by atoms with E-state index in [1.165, 1.54) is 0 Å². The summed E-state index contributed by atoms with van der Waals surface area (Å²) in [5, 5.41) is 0. The maximum absolute atomic E-state index is 6.42. The Labute approximate surface area is 125 Å². The maximum Gasteiger partial charge on any atom is 0.127 e. The van der Waals surface area contributed by atoms with E-state index in [0.717, 1.165) is 43.1 Å². The van der Waals surface area contributed by atoms with Crippen LogP contribution in [0.1, 0.15) is 24.4 Å². The minimum absolute atomic E-state index is 0.0493. The summed E-state index contributed by atoms with van der Waals surface area (Å²) in [6.45, 7) is 1.64. The van der Waals surface area contributed by atoms with Crippen LogP contribution in [-0.4, -0.2) is 13.2 Å². The summed E-state index contributed by atoms with van der Waals surface area (Å²) < 4.78 is 11.3. The molecule has 2 aromatic carbocycles. The average molecular weight is 283 g/mol. The first-order valence-corrected chi connectivity index (χ1v) is 7.49. The number of nitrogens with two attached hydrogens (primary N) is 1. The summed E-state index contributed by atoms with van der Waals surface area (Å²) in [6, 6.07) is 18.0. The summed E-state index contributed by atoms with van der Waals surface area (Å²) in [5.41, 5.74) is 7.56. The van der Waals surface area contributed by atoms with E-state index in [0.29, 0.717) is 5.92 Å². The molecule has 1 heterocycles. The van der Waals surface area contributed by atoms with Crippen LogP contribution >= 0.6 is 0 Å². The number of ether oxygens (including phenoxy) is 2. The van der Waals surface area contributed by atoms with Crippen molar-refractivity contribution in [3.63, 3.8) is 0 Å². The monoisotopic (exact) mass is 283 g/mol. The molecule has 3 nitrogen and oxygen atoms in total. The van der Waals surface area contributed by atoms with Gasteiger partial charge in [-0.05, 0) is 48.6 Å². The first-order chi connectivity index (χ1) is 10.3. The molecular formula is C18H21NO2. The fourth-order valence-electron chi connectivity index (χ4n) is 2.76. The van der Waals surface area contributed by atoms with Gasteiger partial charge in [0.25, 0.3) is 0 Å². The molecule has 0 bridgehead atoms. The SMILES string of the molecule is N[C@H](c1cccc(Oc2ccccc2)c1)C1CCOCC1. The van der Waals surface area contributed by atoms with Gasteiger partial charge in [-0.3, -0.25) is 0 Å². The lowest BCUT2D eigenvalue weighted by Crippen LogP contribution is -2.27. The normalized spacial score (nSPS) is 17.4. The molecule has 110 valence electrons. The van der Waals surface area contributed by atoms with Gasteiger partial charge in [0.1, 0.15) is 11.5 Å². The quantitative estimate of drug-likeness (QED) is 0.925.